The van der Waals surface area contributed by atoms with E-state index in [4.69, 9.17) is 9.47 Å². The van der Waals surface area contributed by atoms with Gasteiger partial charge in [-0.2, -0.15) is 0 Å². The van der Waals surface area contributed by atoms with Crippen molar-refractivity contribution in [2.75, 3.05) is 13.7 Å². The molecule has 0 aliphatic heterocycles. The number of allylic oxidation sites excluding steroid dienone is 1. The van der Waals surface area contributed by atoms with Crippen LogP contribution in [0.1, 0.15) is 18.9 Å². The lowest BCUT2D eigenvalue weighted by Crippen LogP contribution is -1.95. The molecule has 98 valence electrons. The van der Waals surface area contributed by atoms with Gasteiger partial charge in [0.15, 0.2) is 0 Å². The fourth-order valence-electron chi connectivity index (χ4n) is 1.40. The van der Waals surface area contributed by atoms with Crippen molar-refractivity contribution in [3.8, 4) is 5.75 Å². The lowest BCUT2D eigenvalue weighted by molar-refractivity contribution is -0.110. The Morgan fingerprint density at radius 2 is 1.94 bits per heavy atom. The average molecular weight is 248 g/mol. The number of carbonyl (C=O) groups is 1. The highest BCUT2D eigenvalue weighted by atomic mass is 16.5. The van der Waals surface area contributed by atoms with Crippen LogP contribution in [0.25, 0.3) is 0 Å². The van der Waals surface area contributed by atoms with E-state index < -0.39 is 0 Å². The second-order valence-electron chi connectivity index (χ2n) is 4.18. The SMILES string of the molecule is COc1ccc(COC/C=C\C[C@@H](C)C=O)cc1. The van der Waals surface area contributed by atoms with Crippen molar-refractivity contribution in [3.05, 3.63) is 42.0 Å². The Balaban J connectivity index is 2.19. The molecule has 0 saturated carbocycles. The Morgan fingerprint density at radius 1 is 1.22 bits per heavy atom. The third-order valence-corrected chi connectivity index (χ3v) is 2.55. The predicted octanol–water partition coefficient (Wildman–Crippen LogP) is 2.99. The second kappa shape index (κ2) is 8.48. The minimum absolute atomic E-state index is 0.0860. The second-order valence-corrected chi connectivity index (χ2v) is 4.18. The standard InChI is InChI=1S/C15H20O3/c1-13(11-16)5-3-4-10-18-12-14-6-8-15(17-2)9-7-14/h3-4,6-9,11,13H,5,10,12H2,1-2H3/b4-3-/t13-/m1/s1. The molecule has 0 radical (unpaired) electrons. The maximum atomic E-state index is 10.4. The van der Waals surface area contributed by atoms with Crippen molar-refractivity contribution in [2.45, 2.75) is 20.0 Å². The normalized spacial score (nSPS) is 12.6. The molecule has 3 heteroatoms. The van der Waals surface area contributed by atoms with E-state index in [-0.39, 0.29) is 5.92 Å². The fourth-order valence-corrected chi connectivity index (χ4v) is 1.40. The van der Waals surface area contributed by atoms with E-state index in [9.17, 15) is 4.79 Å². The van der Waals surface area contributed by atoms with Crippen LogP contribution in [-0.2, 0) is 16.1 Å². The summed E-state index contributed by atoms with van der Waals surface area (Å²) < 4.78 is 10.6. The fraction of sp³-hybridized carbons (Fsp3) is 0.400. The summed E-state index contributed by atoms with van der Waals surface area (Å²) in [4.78, 5) is 10.4. The number of hydrogen-bond donors (Lipinski definition) is 0. The summed E-state index contributed by atoms with van der Waals surface area (Å²) in [6.07, 6.45) is 5.66. The number of hydrogen-bond acceptors (Lipinski definition) is 3. The van der Waals surface area contributed by atoms with E-state index >= 15 is 0 Å². The first kappa shape index (κ1) is 14.5. The van der Waals surface area contributed by atoms with Gasteiger partial charge in [-0.3, -0.25) is 0 Å². The molecule has 0 bridgehead atoms. The summed E-state index contributed by atoms with van der Waals surface area (Å²) in [5, 5.41) is 0. The molecule has 1 aromatic rings. The summed E-state index contributed by atoms with van der Waals surface area (Å²) in [6, 6.07) is 7.80. The highest BCUT2D eigenvalue weighted by Gasteiger charge is 1.95. The van der Waals surface area contributed by atoms with Gasteiger partial charge in [-0.05, 0) is 24.1 Å². The quantitative estimate of drug-likeness (QED) is 0.403. The van der Waals surface area contributed by atoms with Gasteiger partial charge in [-0.15, -0.1) is 0 Å². The van der Waals surface area contributed by atoms with Crippen LogP contribution in [0.3, 0.4) is 0 Å². The molecule has 3 nitrogen and oxygen atoms in total. The lowest BCUT2D eigenvalue weighted by atomic mass is 10.1. The van der Waals surface area contributed by atoms with E-state index in [0.717, 1.165) is 24.0 Å². The van der Waals surface area contributed by atoms with E-state index in [1.165, 1.54) is 0 Å². The summed E-state index contributed by atoms with van der Waals surface area (Å²) >= 11 is 0. The molecule has 0 unspecified atom stereocenters. The van der Waals surface area contributed by atoms with Crippen LogP contribution in [0, 0.1) is 5.92 Å². The van der Waals surface area contributed by atoms with Crippen LogP contribution in [0.5, 0.6) is 5.75 Å². The van der Waals surface area contributed by atoms with Gasteiger partial charge in [0.25, 0.3) is 0 Å². The third kappa shape index (κ3) is 5.64. The van der Waals surface area contributed by atoms with E-state index in [1.807, 2.05) is 43.3 Å². The highest BCUT2D eigenvalue weighted by Crippen LogP contribution is 2.11. The smallest absolute Gasteiger partial charge is 0.123 e. The Morgan fingerprint density at radius 3 is 2.56 bits per heavy atom. The molecule has 0 heterocycles. The van der Waals surface area contributed by atoms with Crippen molar-refractivity contribution in [3.63, 3.8) is 0 Å². The van der Waals surface area contributed by atoms with Crippen LogP contribution in [-0.4, -0.2) is 20.0 Å². The Kier molecular flexibility index (Phi) is 6.81. The van der Waals surface area contributed by atoms with Gasteiger partial charge in [0.2, 0.25) is 0 Å². The molecule has 1 rings (SSSR count). The van der Waals surface area contributed by atoms with Gasteiger partial charge >= 0.3 is 0 Å². The maximum absolute atomic E-state index is 10.4. The highest BCUT2D eigenvalue weighted by molar-refractivity contribution is 5.52. The molecule has 0 aromatic heterocycles. The molecular formula is C15H20O3. The van der Waals surface area contributed by atoms with Gasteiger partial charge in [0.05, 0.1) is 20.3 Å². The van der Waals surface area contributed by atoms with E-state index in [2.05, 4.69) is 0 Å². The first-order chi connectivity index (χ1) is 8.76. The number of methoxy groups -OCH3 is 1. The zero-order valence-corrected chi connectivity index (χ0v) is 11.0. The first-order valence-corrected chi connectivity index (χ1v) is 6.07. The van der Waals surface area contributed by atoms with Crippen LogP contribution in [0.4, 0.5) is 0 Å². The largest absolute Gasteiger partial charge is 0.497 e. The van der Waals surface area contributed by atoms with Crippen LogP contribution >= 0.6 is 0 Å². The molecule has 18 heavy (non-hydrogen) atoms. The molecule has 1 atom stereocenters. The van der Waals surface area contributed by atoms with Crippen molar-refractivity contribution >= 4 is 6.29 Å². The minimum Gasteiger partial charge on any atom is -0.497 e. The van der Waals surface area contributed by atoms with Gasteiger partial charge < -0.3 is 14.3 Å². The van der Waals surface area contributed by atoms with Gasteiger partial charge in [0.1, 0.15) is 12.0 Å². The molecule has 0 aliphatic rings. The predicted molar refractivity (Wildman–Crippen MR) is 71.6 cm³/mol. The summed E-state index contributed by atoms with van der Waals surface area (Å²) in [7, 11) is 1.65. The third-order valence-electron chi connectivity index (χ3n) is 2.55. The molecule has 0 aliphatic carbocycles. The molecule has 0 N–H and O–H groups in total. The topological polar surface area (TPSA) is 35.5 Å². The molecule has 0 fully saturated rings. The van der Waals surface area contributed by atoms with Gasteiger partial charge in [-0.1, -0.05) is 31.2 Å². The van der Waals surface area contributed by atoms with Gasteiger partial charge in [0, 0.05) is 5.92 Å². The summed E-state index contributed by atoms with van der Waals surface area (Å²) in [6.45, 7) is 3.05. The number of carbonyl (C=O) groups excluding carboxylic acids is 1. The lowest BCUT2D eigenvalue weighted by Gasteiger charge is -2.03. The molecule has 1 aromatic carbocycles. The van der Waals surface area contributed by atoms with Gasteiger partial charge in [-0.25, -0.2) is 0 Å². The maximum Gasteiger partial charge on any atom is 0.123 e. The summed E-state index contributed by atoms with van der Waals surface area (Å²) in [5.41, 5.74) is 1.12. The zero-order valence-electron chi connectivity index (χ0n) is 11.0. The molecule has 0 spiro atoms. The molecule has 0 amide bonds. The monoisotopic (exact) mass is 248 g/mol. The Hall–Kier alpha value is -1.61. The average Bonchev–Trinajstić information content (AvgIpc) is 2.43. The van der Waals surface area contributed by atoms with E-state index in [1.54, 1.807) is 7.11 Å². The number of benzene rings is 1. The van der Waals surface area contributed by atoms with Crippen LogP contribution in [0.2, 0.25) is 0 Å². The zero-order chi connectivity index (χ0) is 13.2. The molecular weight excluding hydrogens is 228 g/mol. The number of aldehydes is 1. The number of ether oxygens (including phenoxy) is 2. The van der Waals surface area contributed by atoms with Crippen molar-refractivity contribution in [1.82, 2.24) is 0 Å². The minimum atomic E-state index is 0.0860. The van der Waals surface area contributed by atoms with Crippen molar-refractivity contribution in [1.29, 1.82) is 0 Å². The van der Waals surface area contributed by atoms with Crippen molar-refractivity contribution in [2.24, 2.45) is 5.92 Å². The Bertz CT molecular complexity index is 368. The first-order valence-electron chi connectivity index (χ1n) is 6.07. The van der Waals surface area contributed by atoms with Crippen LogP contribution < -0.4 is 4.74 Å². The van der Waals surface area contributed by atoms with E-state index in [0.29, 0.717) is 13.2 Å². The Labute approximate surface area is 108 Å². The number of rotatable bonds is 8. The molecule has 0 saturated heterocycles. The summed E-state index contributed by atoms with van der Waals surface area (Å²) in [5.74, 6) is 0.935. The van der Waals surface area contributed by atoms with Crippen molar-refractivity contribution < 1.29 is 14.3 Å². The van der Waals surface area contributed by atoms with Crippen LogP contribution in [0.15, 0.2) is 36.4 Å².